The van der Waals surface area contributed by atoms with Crippen molar-refractivity contribution in [1.29, 1.82) is 0 Å². The van der Waals surface area contributed by atoms with E-state index in [-0.39, 0.29) is 29.8 Å². The summed E-state index contributed by atoms with van der Waals surface area (Å²) < 4.78 is 0. The maximum Gasteiger partial charge on any atom is 0.317 e. The molecule has 2 fully saturated rings. The van der Waals surface area contributed by atoms with Crippen LogP contribution < -0.4 is 10.6 Å². The monoisotopic (exact) mass is 419 g/mol. The molecule has 2 aliphatic rings. The molecule has 2 unspecified atom stereocenters. The van der Waals surface area contributed by atoms with E-state index in [9.17, 15) is 9.59 Å². The minimum absolute atomic E-state index is 0.0141. The number of benzene rings is 2. The number of aryl methyl sites for hydroxylation is 1. The van der Waals surface area contributed by atoms with Gasteiger partial charge in [0, 0.05) is 30.7 Å². The van der Waals surface area contributed by atoms with E-state index in [2.05, 4.69) is 41.8 Å². The predicted octanol–water partition coefficient (Wildman–Crippen LogP) is 4.95. The molecule has 31 heavy (non-hydrogen) atoms. The number of piperidine rings is 1. The Hall–Kier alpha value is -2.82. The molecule has 1 saturated carbocycles. The Balaban J connectivity index is 1.50. The number of urea groups is 1. The van der Waals surface area contributed by atoms with Crippen LogP contribution in [0.2, 0.25) is 0 Å². The van der Waals surface area contributed by atoms with Crippen LogP contribution in [0.3, 0.4) is 0 Å². The molecule has 0 bridgehead atoms. The highest BCUT2D eigenvalue weighted by atomic mass is 16.2. The van der Waals surface area contributed by atoms with E-state index in [1.54, 1.807) is 0 Å². The van der Waals surface area contributed by atoms with Crippen LogP contribution in [0.4, 0.5) is 10.5 Å². The van der Waals surface area contributed by atoms with E-state index in [4.69, 9.17) is 0 Å². The second kappa shape index (κ2) is 9.99. The predicted molar refractivity (Wildman–Crippen MR) is 124 cm³/mol. The molecular formula is C26H33N3O2. The second-order valence-corrected chi connectivity index (χ2v) is 8.92. The molecule has 5 heteroatoms. The van der Waals surface area contributed by atoms with Crippen molar-refractivity contribution < 1.29 is 9.59 Å². The maximum absolute atomic E-state index is 13.1. The highest BCUT2D eigenvalue weighted by Gasteiger charge is 2.35. The van der Waals surface area contributed by atoms with E-state index >= 15 is 0 Å². The molecule has 2 atom stereocenters. The van der Waals surface area contributed by atoms with Crippen LogP contribution in [0.1, 0.15) is 56.1 Å². The molecule has 1 saturated heterocycles. The summed E-state index contributed by atoms with van der Waals surface area (Å²) in [6, 6.07) is 18.4. The first-order valence-corrected chi connectivity index (χ1v) is 11.6. The number of carbonyl (C=O) groups is 2. The number of nitrogens with one attached hydrogen (secondary N) is 2. The molecule has 4 rings (SSSR count). The van der Waals surface area contributed by atoms with Gasteiger partial charge in [-0.15, -0.1) is 0 Å². The SMILES string of the molecule is CCc1ccc(C2CC(C(=O)Nc3ccccc3)CN(C(=O)NC3CCCC3)C2)cc1. The van der Waals surface area contributed by atoms with Crippen molar-refractivity contribution in [2.45, 2.75) is 57.4 Å². The summed E-state index contributed by atoms with van der Waals surface area (Å²) >= 11 is 0. The van der Waals surface area contributed by atoms with Crippen LogP contribution in [0.5, 0.6) is 0 Å². The van der Waals surface area contributed by atoms with Crippen molar-refractivity contribution in [3.8, 4) is 0 Å². The van der Waals surface area contributed by atoms with Gasteiger partial charge in [-0.25, -0.2) is 4.79 Å². The largest absolute Gasteiger partial charge is 0.335 e. The molecule has 0 aromatic heterocycles. The average Bonchev–Trinajstić information content (AvgIpc) is 3.32. The van der Waals surface area contributed by atoms with Gasteiger partial charge < -0.3 is 15.5 Å². The van der Waals surface area contributed by atoms with Gasteiger partial charge >= 0.3 is 6.03 Å². The van der Waals surface area contributed by atoms with E-state index in [0.717, 1.165) is 31.4 Å². The summed E-state index contributed by atoms with van der Waals surface area (Å²) in [6.45, 7) is 3.26. The van der Waals surface area contributed by atoms with Gasteiger partial charge in [0.15, 0.2) is 0 Å². The molecule has 2 aromatic carbocycles. The lowest BCUT2D eigenvalue weighted by Crippen LogP contribution is -2.51. The van der Waals surface area contributed by atoms with Gasteiger partial charge in [0.25, 0.3) is 0 Å². The normalized spacial score (nSPS) is 21.6. The molecule has 0 spiro atoms. The van der Waals surface area contributed by atoms with Crippen molar-refractivity contribution in [2.75, 3.05) is 18.4 Å². The molecule has 2 N–H and O–H groups in total. The number of carbonyl (C=O) groups excluding carboxylic acids is 2. The number of amides is 3. The molecule has 1 heterocycles. The maximum atomic E-state index is 13.1. The number of rotatable bonds is 5. The Labute approximate surface area is 185 Å². The van der Waals surface area contributed by atoms with E-state index in [1.165, 1.54) is 24.0 Å². The van der Waals surface area contributed by atoms with Crippen LogP contribution in [0, 0.1) is 5.92 Å². The van der Waals surface area contributed by atoms with Gasteiger partial charge in [-0.2, -0.15) is 0 Å². The summed E-state index contributed by atoms with van der Waals surface area (Å²) in [5, 5.41) is 6.24. The lowest BCUT2D eigenvalue weighted by molar-refractivity contribution is -0.121. The number of hydrogen-bond donors (Lipinski definition) is 2. The fourth-order valence-electron chi connectivity index (χ4n) is 4.82. The lowest BCUT2D eigenvalue weighted by Gasteiger charge is -2.38. The van der Waals surface area contributed by atoms with Crippen molar-refractivity contribution in [2.24, 2.45) is 5.92 Å². The van der Waals surface area contributed by atoms with Gasteiger partial charge in [0.1, 0.15) is 0 Å². The summed E-state index contributed by atoms with van der Waals surface area (Å²) in [5.74, 6) is -0.0978. The second-order valence-electron chi connectivity index (χ2n) is 8.92. The minimum Gasteiger partial charge on any atom is -0.335 e. The van der Waals surface area contributed by atoms with Crippen molar-refractivity contribution >= 4 is 17.6 Å². The fraction of sp³-hybridized carbons (Fsp3) is 0.462. The number of likely N-dealkylation sites (tertiary alicyclic amines) is 1. The molecule has 1 aliphatic carbocycles. The van der Waals surface area contributed by atoms with Crippen molar-refractivity contribution in [3.05, 3.63) is 65.7 Å². The van der Waals surface area contributed by atoms with Crippen LogP contribution in [-0.4, -0.2) is 36.0 Å². The number of para-hydroxylation sites is 1. The Bertz CT molecular complexity index is 875. The Morgan fingerprint density at radius 3 is 2.35 bits per heavy atom. The minimum atomic E-state index is -0.237. The number of hydrogen-bond acceptors (Lipinski definition) is 2. The van der Waals surface area contributed by atoms with Crippen LogP contribution in [0.25, 0.3) is 0 Å². The van der Waals surface area contributed by atoms with Crippen molar-refractivity contribution in [3.63, 3.8) is 0 Å². The first-order chi connectivity index (χ1) is 15.1. The molecule has 164 valence electrons. The zero-order valence-electron chi connectivity index (χ0n) is 18.3. The molecule has 2 aromatic rings. The quantitative estimate of drug-likeness (QED) is 0.721. The van der Waals surface area contributed by atoms with E-state index in [0.29, 0.717) is 13.1 Å². The Kier molecular flexibility index (Phi) is 6.90. The number of anilines is 1. The topological polar surface area (TPSA) is 61.4 Å². The summed E-state index contributed by atoms with van der Waals surface area (Å²) in [5.41, 5.74) is 3.30. The molecular weight excluding hydrogens is 386 g/mol. The van der Waals surface area contributed by atoms with Gasteiger partial charge in [0.05, 0.1) is 5.92 Å². The number of nitrogens with zero attached hydrogens (tertiary/aromatic N) is 1. The third-order valence-electron chi connectivity index (χ3n) is 6.69. The third-order valence-corrected chi connectivity index (χ3v) is 6.69. The summed E-state index contributed by atoms with van der Waals surface area (Å²) in [4.78, 5) is 28.0. The molecule has 5 nitrogen and oxygen atoms in total. The molecule has 0 radical (unpaired) electrons. The fourth-order valence-corrected chi connectivity index (χ4v) is 4.82. The van der Waals surface area contributed by atoms with Gasteiger partial charge in [0.2, 0.25) is 5.91 Å². The average molecular weight is 420 g/mol. The van der Waals surface area contributed by atoms with Crippen LogP contribution in [-0.2, 0) is 11.2 Å². The first kappa shape index (κ1) is 21.4. The zero-order chi connectivity index (χ0) is 21.6. The standard InChI is InChI=1S/C26H33N3O2/c1-2-19-12-14-20(15-13-19)21-16-22(25(30)27-23-8-4-3-5-9-23)18-29(17-21)26(31)28-24-10-6-7-11-24/h3-5,8-9,12-15,21-22,24H,2,6-7,10-11,16-18H2,1H3,(H,27,30)(H,28,31). The Morgan fingerprint density at radius 2 is 1.68 bits per heavy atom. The van der Waals surface area contributed by atoms with E-state index < -0.39 is 0 Å². The third kappa shape index (κ3) is 5.46. The summed E-state index contributed by atoms with van der Waals surface area (Å²) in [7, 11) is 0. The smallest absolute Gasteiger partial charge is 0.317 e. The molecule has 3 amide bonds. The van der Waals surface area contributed by atoms with Gasteiger partial charge in [-0.05, 0) is 48.9 Å². The Morgan fingerprint density at radius 1 is 0.968 bits per heavy atom. The van der Waals surface area contributed by atoms with Crippen molar-refractivity contribution in [1.82, 2.24) is 10.2 Å². The molecule has 1 aliphatic heterocycles. The first-order valence-electron chi connectivity index (χ1n) is 11.6. The van der Waals surface area contributed by atoms with Crippen LogP contribution in [0.15, 0.2) is 54.6 Å². The zero-order valence-corrected chi connectivity index (χ0v) is 18.3. The van der Waals surface area contributed by atoms with E-state index in [1.807, 2.05) is 35.2 Å². The van der Waals surface area contributed by atoms with Gasteiger partial charge in [-0.3, -0.25) is 4.79 Å². The van der Waals surface area contributed by atoms with Gasteiger partial charge in [-0.1, -0.05) is 62.2 Å². The highest BCUT2D eigenvalue weighted by Crippen LogP contribution is 2.32. The summed E-state index contributed by atoms with van der Waals surface area (Å²) in [6.07, 6.45) is 6.22. The lowest BCUT2D eigenvalue weighted by atomic mass is 9.83. The highest BCUT2D eigenvalue weighted by molar-refractivity contribution is 5.93. The van der Waals surface area contributed by atoms with Crippen LogP contribution >= 0.6 is 0 Å².